The van der Waals surface area contributed by atoms with Gasteiger partial charge in [0.25, 0.3) is 0 Å². The molecule has 0 radical (unpaired) electrons. The summed E-state index contributed by atoms with van der Waals surface area (Å²) in [5.41, 5.74) is 0. The van der Waals surface area contributed by atoms with Crippen molar-refractivity contribution in [3.8, 4) is 0 Å². The molecule has 0 aromatic carbocycles. The summed E-state index contributed by atoms with van der Waals surface area (Å²) in [5, 5.41) is 0. The summed E-state index contributed by atoms with van der Waals surface area (Å²) in [6.07, 6.45) is 0. The first-order chi connectivity index (χ1) is 4.00. The van der Waals surface area contributed by atoms with Gasteiger partial charge < -0.3 is 6.90 Å². The van der Waals surface area contributed by atoms with Crippen LogP contribution in [0.3, 0.4) is 0 Å². The summed E-state index contributed by atoms with van der Waals surface area (Å²) in [4.78, 5) is 0. The smallest absolute Gasteiger partial charge is 1.00 e. The van der Waals surface area contributed by atoms with Crippen molar-refractivity contribution in [2.24, 2.45) is 0 Å². The van der Waals surface area contributed by atoms with Gasteiger partial charge in [0.15, 0.2) is 0 Å². The van der Waals surface area contributed by atoms with Crippen LogP contribution in [0.4, 0.5) is 0 Å². The molecular weight excluding hydrogens is 352 g/mol. The second-order valence-electron chi connectivity index (χ2n) is 0.896. The average molecular weight is 359 g/mol. The summed E-state index contributed by atoms with van der Waals surface area (Å²) in [6, 6.07) is 0. The topological polar surface area (TPSA) is 181 Å². The van der Waals surface area contributed by atoms with E-state index in [1.807, 2.05) is 0 Å². The van der Waals surface area contributed by atoms with E-state index in [-0.39, 0.29) is 73.0 Å². The molecule has 0 aliphatic carbocycles. The minimum Gasteiger partial charge on any atom is -1.00 e. The molecule has 9 nitrogen and oxygen atoms in total. The Balaban J connectivity index is -0.0000000128. The van der Waals surface area contributed by atoms with Crippen LogP contribution in [0, 0.1) is 0 Å². The van der Waals surface area contributed by atoms with Crippen LogP contribution in [-0.2, 0) is 57.3 Å². The van der Waals surface area contributed by atoms with E-state index in [0.717, 1.165) is 0 Å². The second kappa shape index (κ2) is 14.8. The monoisotopic (exact) mass is 358 g/mol. The van der Waals surface area contributed by atoms with Gasteiger partial charge in [-0.2, -0.15) is 16.8 Å². The molecule has 0 saturated heterocycles. The molecule has 0 unspecified atom stereocenters. The van der Waals surface area contributed by atoms with Gasteiger partial charge in [0.05, 0.1) is 0 Å². The van der Waals surface area contributed by atoms with Gasteiger partial charge in [0.1, 0.15) is 0 Å². The van der Waals surface area contributed by atoms with Crippen molar-refractivity contribution >= 4 is 20.8 Å². The second-order valence-corrected chi connectivity index (χ2v) is 2.69. The maximum atomic E-state index is 8.74. The van der Waals surface area contributed by atoms with Gasteiger partial charge in [0.2, 0.25) is 0 Å². The van der Waals surface area contributed by atoms with Crippen LogP contribution in [0.2, 0.25) is 0 Å². The first-order valence-electron chi connectivity index (χ1n) is 1.40. The fourth-order valence-electron chi connectivity index (χ4n) is 0. The van der Waals surface area contributed by atoms with E-state index in [1.165, 1.54) is 0 Å². The zero-order valence-electron chi connectivity index (χ0n) is 7.80. The molecule has 14 heavy (non-hydrogen) atoms. The standard InChI is InChI=1S/Fe.Na.2H2O4S.H2O.Zn.H/c;;2*1-5(2,3)4;;;/h;;2*(H2,1,2,3,4);1H2;;/q;+1;;;;;-1. The molecule has 0 saturated carbocycles. The summed E-state index contributed by atoms with van der Waals surface area (Å²) in [6.45, 7) is 0. The molecule has 0 rings (SSSR count). The van der Waals surface area contributed by atoms with Gasteiger partial charge in [-0.15, -0.1) is 0 Å². The molecule has 0 heterocycles. The van der Waals surface area contributed by atoms with E-state index in [1.54, 1.807) is 0 Å². The Kier molecular flexibility index (Phi) is 38.2. The Morgan fingerprint density at radius 1 is 0.786 bits per heavy atom. The van der Waals surface area contributed by atoms with E-state index in [2.05, 4.69) is 0 Å². The molecule has 84 valence electrons. The molecule has 0 amide bonds. The number of hydrogen-bond acceptors (Lipinski definition) is 4. The zero-order chi connectivity index (χ0) is 9.00. The van der Waals surface area contributed by atoms with Gasteiger partial charge >= 0.3 is 50.4 Å². The summed E-state index contributed by atoms with van der Waals surface area (Å²) in [5.74, 6) is 0. The maximum Gasteiger partial charge on any atom is 1.00 e. The molecule has 14 heteroatoms. The Bertz CT molecular complexity index is 224. The van der Waals surface area contributed by atoms with Crippen LogP contribution >= 0.6 is 0 Å². The predicted octanol–water partition coefficient (Wildman–Crippen LogP) is -5.02. The average Bonchev–Trinajstić information content (AvgIpc) is 1.12. The first kappa shape index (κ1) is 36.0. The minimum atomic E-state index is -4.67. The molecule has 0 aliphatic rings. The predicted molar refractivity (Wildman–Crippen MR) is 33.1 cm³/mol. The molecule has 6 N–H and O–H groups in total. The van der Waals surface area contributed by atoms with E-state index < -0.39 is 20.8 Å². The number of rotatable bonds is 0. The van der Waals surface area contributed by atoms with Crippen LogP contribution in [0.25, 0.3) is 0 Å². The third-order valence-electron chi connectivity index (χ3n) is 0. The van der Waals surface area contributed by atoms with E-state index in [9.17, 15) is 0 Å². The van der Waals surface area contributed by atoms with Gasteiger partial charge in [-0.05, 0) is 0 Å². The van der Waals surface area contributed by atoms with Crippen LogP contribution < -0.4 is 29.6 Å². The van der Waals surface area contributed by atoms with Gasteiger partial charge in [0, 0.05) is 36.5 Å². The van der Waals surface area contributed by atoms with E-state index >= 15 is 0 Å². The van der Waals surface area contributed by atoms with Gasteiger partial charge in [-0.3, -0.25) is 18.2 Å². The summed E-state index contributed by atoms with van der Waals surface area (Å²) >= 11 is 0. The molecule has 0 bridgehead atoms. The third kappa shape index (κ3) is 672. The summed E-state index contributed by atoms with van der Waals surface area (Å²) < 4.78 is 63.2. The van der Waals surface area contributed by atoms with Crippen LogP contribution in [0.1, 0.15) is 1.43 Å². The quantitative estimate of drug-likeness (QED) is 0.245. The first-order valence-corrected chi connectivity index (χ1v) is 4.19. The largest absolute Gasteiger partial charge is 1.00 e. The van der Waals surface area contributed by atoms with Crippen molar-refractivity contribution in [3.63, 3.8) is 0 Å². The van der Waals surface area contributed by atoms with E-state index in [4.69, 9.17) is 35.0 Å². The molecule has 0 aromatic heterocycles. The fourth-order valence-corrected chi connectivity index (χ4v) is 0. The zero-order valence-corrected chi connectivity index (χ0v) is 14.5. The normalized spacial score (nSPS) is 8.29. The van der Waals surface area contributed by atoms with Crippen molar-refractivity contribution in [2.45, 2.75) is 0 Å². The molecule has 0 atom stereocenters. The Morgan fingerprint density at radius 3 is 0.786 bits per heavy atom. The molecule has 0 aliphatic heterocycles. The molecule has 0 fully saturated rings. The fraction of sp³-hybridized carbons (Fsp3) is 0. The maximum absolute atomic E-state index is 8.74. The van der Waals surface area contributed by atoms with Gasteiger partial charge in [-0.1, -0.05) is 0 Å². The van der Waals surface area contributed by atoms with Crippen molar-refractivity contribution in [1.29, 1.82) is 0 Å². The SMILES string of the molecule is O.O=S(=O)(O)O.O=S(=O)(O)O.[Fe].[H-].[Na+].[Zn]. The third-order valence-corrected chi connectivity index (χ3v) is 0. The van der Waals surface area contributed by atoms with Crippen molar-refractivity contribution in [2.75, 3.05) is 0 Å². The Hall–Kier alpha value is 1.84. The van der Waals surface area contributed by atoms with Crippen LogP contribution in [-0.4, -0.2) is 40.5 Å². The Morgan fingerprint density at radius 2 is 0.786 bits per heavy atom. The van der Waals surface area contributed by atoms with Gasteiger partial charge in [-0.25, -0.2) is 0 Å². The molecule has 0 spiro atoms. The van der Waals surface area contributed by atoms with Crippen LogP contribution in [0.5, 0.6) is 0 Å². The van der Waals surface area contributed by atoms with Crippen molar-refractivity contribution in [1.82, 2.24) is 0 Å². The van der Waals surface area contributed by atoms with Crippen molar-refractivity contribution in [3.05, 3.63) is 0 Å². The minimum absolute atomic E-state index is 0. The van der Waals surface area contributed by atoms with Crippen molar-refractivity contribution < 1.29 is 108 Å². The number of hydrogen-bond donors (Lipinski definition) is 4. The molecular formula is H7FeNaO9S2Zn. The Labute approximate surface area is 128 Å². The molecule has 0 aromatic rings. The van der Waals surface area contributed by atoms with Crippen LogP contribution in [0.15, 0.2) is 0 Å². The van der Waals surface area contributed by atoms with E-state index in [0.29, 0.717) is 0 Å². The summed E-state index contributed by atoms with van der Waals surface area (Å²) in [7, 11) is -9.33.